The molecule has 230 valence electrons. The molecule has 0 bridgehead atoms. The molecule has 0 heterocycles. The van der Waals surface area contributed by atoms with E-state index in [-0.39, 0.29) is 36.4 Å². The lowest BCUT2D eigenvalue weighted by molar-refractivity contribution is -0.140. The fourth-order valence-corrected chi connectivity index (χ4v) is 6.24. The lowest BCUT2D eigenvalue weighted by Crippen LogP contribution is -2.54. The monoisotopic (exact) mass is 607 g/mol. The van der Waals surface area contributed by atoms with Crippen molar-refractivity contribution in [3.63, 3.8) is 0 Å². The van der Waals surface area contributed by atoms with Crippen molar-refractivity contribution >= 4 is 27.5 Å². The zero-order valence-electron chi connectivity index (χ0n) is 25.3. The van der Waals surface area contributed by atoms with E-state index in [1.54, 1.807) is 12.1 Å². The van der Waals surface area contributed by atoms with Crippen LogP contribution in [-0.2, 0) is 32.6 Å². The number of carbonyl (C=O) groups is 2. The normalized spacial score (nSPS) is 14.1. The fourth-order valence-electron chi connectivity index (χ4n) is 5.40. The van der Waals surface area contributed by atoms with Crippen LogP contribution in [0.25, 0.3) is 0 Å². The number of amides is 2. The Morgan fingerprint density at radius 1 is 0.930 bits per heavy atom. The molecule has 1 aliphatic carbocycles. The second-order valence-corrected chi connectivity index (χ2v) is 12.9. The predicted octanol–water partition coefficient (Wildman–Crippen LogP) is 4.48. The van der Waals surface area contributed by atoms with Gasteiger partial charge in [-0.1, -0.05) is 73.0 Å². The lowest BCUT2D eigenvalue weighted by Gasteiger charge is -2.34. The molecule has 1 N–H and O–H groups in total. The Morgan fingerprint density at radius 2 is 1.60 bits per heavy atom. The van der Waals surface area contributed by atoms with E-state index in [0.717, 1.165) is 52.9 Å². The van der Waals surface area contributed by atoms with Crippen LogP contribution < -0.4 is 19.1 Å². The summed E-state index contributed by atoms with van der Waals surface area (Å²) in [6.07, 6.45) is 5.20. The summed E-state index contributed by atoms with van der Waals surface area (Å²) in [5, 5.41) is 3.18. The fraction of sp³-hybridized carbons (Fsp3) is 0.394. The molecule has 9 nitrogen and oxygen atoms in total. The van der Waals surface area contributed by atoms with E-state index in [0.29, 0.717) is 5.75 Å². The minimum absolute atomic E-state index is 0.0515. The third-order valence-electron chi connectivity index (χ3n) is 7.78. The van der Waals surface area contributed by atoms with Crippen LogP contribution in [0.5, 0.6) is 11.5 Å². The second kappa shape index (κ2) is 14.4. The van der Waals surface area contributed by atoms with Crippen LogP contribution >= 0.6 is 0 Å². The number of anilines is 1. The zero-order chi connectivity index (χ0) is 31.0. The molecule has 0 saturated heterocycles. The molecule has 1 atom stereocenters. The number of rotatable bonds is 13. The smallest absolute Gasteiger partial charge is 0.244 e. The maximum atomic E-state index is 14.3. The Balaban J connectivity index is 1.76. The highest BCUT2D eigenvalue weighted by atomic mass is 32.2. The molecule has 0 aromatic heterocycles. The van der Waals surface area contributed by atoms with Gasteiger partial charge < -0.3 is 19.7 Å². The number of hydrogen-bond donors (Lipinski definition) is 1. The quantitative estimate of drug-likeness (QED) is 0.307. The first kappa shape index (κ1) is 31.9. The molecule has 10 heteroatoms. The van der Waals surface area contributed by atoms with Crippen molar-refractivity contribution in [1.29, 1.82) is 0 Å². The molecule has 43 heavy (non-hydrogen) atoms. The lowest BCUT2D eigenvalue weighted by atomic mass is 10.0. The van der Waals surface area contributed by atoms with Crippen LogP contribution in [0.3, 0.4) is 0 Å². The van der Waals surface area contributed by atoms with E-state index in [1.807, 2.05) is 61.5 Å². The minimum atomic E-state index is -3.96. The number of carbonyl (C=O) groups excluding carboxylic acids is 2. The van der Waals surface area contributed by atoms with Crippen LogP contribution in [-0.4, -0.2) is 64.2 Å². The van der Waals surface area contributed by atoms with Gasteiger partial charge in [0.05, 0.1) is 26.2 Å². The summed E-state index contributed by atoms with van der Waals surface area (Å²) in [6, 6.07) is 21.2. The average Bonchev–Trinajstić information content (AvgIpc) is 3.51. The highest BCUT2D eigenvalue weighted by molar-refractivity contribution is 7.92. The van der Waals surface area contributed by atoms with Gasteiger partial charge in [-0.2, -0.15) is 0 Å². The number of nitrogens with zero attached hydrogens (tertiary/aromatic N) is 2. The maximum absolute atomic E-state index is 14.3. The van der Waals surface area contributed by atoms with Gasteiger partial charge in [-0.05, 0) is 43.0 Å². The van der Waals surface area contributed by atoms with E-state index >= 15 is 0 Å². The Bertz CT molecular complexity index is 1490. The molecule has 0 radical (unpaired) electrons. The third-order valence-corrected chi connectivity index (χ3v) is 8.91. The van der Waals surface area contributed by atoms with Crippen molar-refractivity contribution in [3.05, 3.63) is 89.5 Å². The Labute approximate surface area is 254 Å². The maximum Gasteiger partial charge on any atom is 0.244 e. The van der Waals surface area contributed by atoms with E-state index in [2.05, 4.69) is 5.32 Å². The summed E-state index contributed by atoms with van der Waals surface area (Å²) in [5.41, 5.74) is 2.96. The largest absolute Gasteiger partial charge is 0.497 e. The molecule has 1 fully saturated rings. The number of ether oxygens (including phenoxy) is 2. The predicted molar refractivity (Wildman–Crippen MR) is 168 cm³/mol. The van der Waals surface area contributed by atoms with Crippen molar-refractivity contribution < 1.29 is 27.5 Å². The molecule has 0 spiro atoms. The van der Waals surface area contributed by atoms with Crippen molar-refractivity contribution in [1.82, 2.24) is 10.2 Å². The van der Waals surface area contributed by atoms with Crippen LogP contribution in [0.4, 0.5) is 5.69 Å². The van der Waals surface area contributed by atoms with E-state index < -0.39 is 28.5 Å². The van der Waals surface area contributed by atoms with Gasteiger partial charge in [-0.25, -0.2) is 8.42 Å². The average molecular weight is 608 g/mol. The van der Waals surface area contributed by atoms with Gasteiger partial charge in [0.25, 0.3) is 0 Å². The van der Waals surface area contributed by atoms with Gasteiger partial charge in [0.2, 0.25) is 21.8 Å². The Hall–Kier alpha value is -4.05. The molecular formula is C33H41N3O6S. The number of hydrogen-bond acceptors (Lipinski definition) is 6. The molecule has 3 aromatic rings. The van der Waals surface area contributed by atoms with Crippen LogP contribution in [0, 0.1) is 6.92 Å². The first-order chi connectivity index (χ1) is 20.6. The molecule has 0 aliphatic heterocycles. The minimum Gasteiger partial charge on any atom is -0.497 e. The van der Waals surface area contributed by atoms with Gasteiger partial charge in [-0.15, -0.1) is 0 Å². The Morgan fingerprint density at radius 3 is 2.21 bits per heavy atom. The number of benzene rings is 3. The second-order valence-electron chi connectivity index (χ2n) is 11.0. The molecule has 1 saturated carbocycles. The molecule has 0 unspecified atom stereocenters. The van der Waals surface area contributed by atoms with Crippen molar-refractivity contribution in [3.8, 4) is 11.5 Å². The SMILES string of the molecule is COc1ccc(OC)c(N(CC(=O)N(Cc2ccc(C)cc2)[C@@H](Cc2ccccc2)C(=O)NC2CCCC2)S(C)(=O)=O)c1. The van der Waals surface area contributed by atoms with Gasteiger partial charge in [0.15, 0.2) is 0 Å². The highest BCUT2D eigenvalue weighted by Gasteiger charge is 2.35. The molecular weight excluding hydrogens is 566 g/mol. The van der Waals surface area contributed by atoms with Crippen LogP contribution in [0.1, 0.15) is 42.4 Å². The topological polar surface area (TPSA) is 105 Å². The number of methoxy groups -OCH3 is 2. The molecule has 1 aliphatic rings. The first-order valence-corrected chi connectivity index (χ1v) is 16.3. The van der Waals surface area contributed by atoms with Gasteiger partial charge in [-0.3, -0.25) is 13.9 Å². The summed E-state index contributed by atoms with van der Waals surface area (Å²) in [7, 11) is -1.05. The molecule has 4 rings (SSSR count). The first-order valence-electron chi connectivity index (χ1n) is 14.5. The number of sulfonamides is 1. The molecule has 2 amide bonds. The van der Waals surface area contributed by atoms with Gasteiger partial charge >= 0.3 is 0 Å². The van der Waals surface area contributed by atoms with Crippen molar-refractivity contribution in [2.45, 2.75) is 57.7 Å². The standard InChI is InChI=1S/C33H41N3O6S/c1-24-14-16-26(17-15-24)22-35(30(20-25-10-6-5-7-11-25)33(38)34-27-12-8-9-13-27)32(37)23-36(43(4,39)40)29-21-28(41-2)18-19-31(29)42-3/h5-7,10-11,14-19,21,27,30H,8-9,12-13,20,22-23H2,1-4H3,(H,34,38)/t30-/m0/s1. The number of aryl methyl sites for hydroxylation is 1. The third kappa shape index (κ3) is 8.50. The van der Waals surface area contributed by atoms with Gasteiger partial charge in [0.1, 0.15) is 24.1 Å². The van der Waals surface area contributed by atoms with Crippen LogP contribution in [0.2, 0.25) is 0 Å². The summed E-state index contributed by atoms with van der Waals surface area (Å²) in [6.45, 7) is 1.57. The Kier molecular flexibility index (Phi) is 10.7. The number of nitrogens with one attached hydrogen (secondary N) is 1. The van der Waals surface area contributed by atoms with Crippen molar-refractivity contribution in [2.24, 2.45) is 0 Å². The summed E-state index contributed by atoms with van der Waals surface area (Å²) in [5.74, 6) is -0.0883. The van der Waals surface area contributed by atoms with Crippen molar-refractivity contribution in [2.75, 3.05) is 31.3 Å². The molecule has 3 aromatic carbocycles. The zero-order valence-corrected chi connectivity index (χ0v) is 26.1. The van der Waals surface area contributed by atoms with Gasteiger partial charge in [0, 0.05) is 25.1 Å². The summed E-state index contributed by atoms with van der Waals surface area (Å²) < 4.78 is 38.1. The van der Waals surface area contributed by atoms with E-state index in [1.165, 1.54) is 25.2 Å². The van der Waals surface area contributed by atoms with Crippen LogP contribution in [0.15, 0.2) is 72.8 Å². The summed E-state index contributed by atoms with van der Waals surface area (Å²) >= 11 is 0. The summed E-state index contributed by atoms with van der Waals surface area (Å²) in [4.78, 5) is 29.8. The highest BCUT2D eigenvalue weighted by Crippen LogP contribution is 2.34. The van der Waals surface area contributed by atoms with E-state index in [9.17, 15) is 18.0 Å². The van der Waals surface area contributed by atoms with E-state index in [4.69, 9.17) is 9.47 Å².